The van der Waals surface area contributed by atoms with Crippen molar-refractivity contribution in [2.75, 3.05) is 36.8 Å². The monoisotopic (exact) mass is 517 g/mol. The fourth-order valence-corrected chi connectivity index (χ4v) is 5.03. The summed E-state index contributed by atoms with van der Waals surface area (Å²) in [6.07, 6.45) is 2.73. The molecule has 0 aromatic heterocycles. The zero-order valence-corrected chi connectivity index (χ0v) is 22.6. The van der Waals surface area contributed by atoms with Gasteiger partial charge >= 0.3 is 0 Å². The van der Waals surface area contributed by atoms with Crippen LogP contribution in [-0.4, -0.2) is 63.7 Å². The van der Waals surface area contributed by atoms with E-state index in [1.54, 1.807) is 29.2 Å². The lowest BCUT2D eigenvalue weighted by molar-refractivity contribution is -0.140. The predicted octanol–water partition coefficient (Wildman–Crippen LogP) is 3.62. The number of carbonyl (C=O) groups excluding carboxylic acids is 2. The van der Waals surface area contributed by atoms with Crippen LogP contribution in [0.4, 0.5) is 5.69 Å². The third-order valence-corrected chi connectivity index (χ3v) is 7.00. The molecule has 0 bridgehead atoms. The van der Waals surface area contributed by atoms with Crippen LogP contribution < -0.4 is 14.4 Å². The number of ether oxygens (including phenoxy) is 1. The fourth-order valence-electron chi connectivity index (χ4n) is 4.07. The Morgan fingerprint density at radius 2 is 1.64 bits per heavy atom. The molecule has 198 valence electrons. The fraction of sp³-hybridized carbons (Fsp3) is 0.481. The summed E-state index contributed by atoms with van der Waals surface area (Å²) in [5.74, 6) is 0.327. The first-order valence-electron chi connectivity index (χ1n) is 12.5. The highest BCUT2D eigenvalue weighted by atomic mass is 32.2. The first-order valence-corrected chi connectivity index (χ1v) is 14.4. The number of likely N-dealkylation sites (N-methyl/N-ethyl adjacent to an activating group) is 1. The van der Waals surface area contributed by atoms with E-state index in [0.717, 1.165) is 11.8 Å². The van der Waals surface area contributed by atoms with Gasteiger partial charge in [-0.15, -0.1) is 0 Å². The third-order valence-electron chi connectivity index (χ3n) is 5.81. The minimum absolute atomic E-state index is 0.133. The topological polar surface area (TPSA) is 96.0 Å². The van der Waals surface area contributed by atoms with Crippen LogP contribution in [0.25, 0.3) is 0 Å². The molecule has 0 aliphatic rings. The molecular weight excluding hydrogens is 478 g/mol. The molecular formula is C27H39N3O5S. The first kappa shape index (κ1) is 29.2. The Hall–Kier alpha value is -3.07. The van der Waals surface area contributed by atoms with E-state index < -0.39 is 16.1 Å². The smallest absolute Gasteiger partial charge is 0.242 e. The standard InChI is InChI=1S/C27H39N3O5S/c1-5-25(27(32)28-6-2)29(21-19-22-12-9-8-10-13-22)26(31)14-11-20-30(36(4,33)34)23-15-17-24(18-16-23)35-7-3/h8-10,12-13,15-18,25H,5-7,11,14,19-21H2,1-4H3,(H,28,32)/t25-/m1/s1. The van der Waals surface area contributed by atoms with E-state index >= 15 is 0 Å². The van der Waals surface area contributed by atoms with Crippen molar-refractivity contribution in [3.8, 4) is 5.75 Å². The van der Waals surface area contributed by atoms with E-state index in [4.69, 9.17) is 4.74 Å². The van der Waals surface area contributed by atoms with Crippen LogP contribution in [0.2, 0.25) is 0 Å². The summed E-state index contributed by atoms with van der Waals surface area (Å²) < 4.78 is 31.7. The Morgan fingerprint density at radius 1 is 0.972 bits per heavy atom. The Balaban J connectivity index is 2.12. The summed E-state index contributed by atoms with van der Waals surface area (Å²) >= 11 is 0. The van der Waals surface area contributed by atoms with Gasteiger partial charge in [0.1, 0.15) is 11.8 Å². The summed E-state index contributed by atoms with van der Waals surface area (Å²) in [6.45, 7) is 7.19. The first-order chi connectivity index (χ1) is 17.2. The van der Waals surface area contributed by atoms with E-state index in [2.05, 4.69) is 5.32 Å². The van der Waals surface area contributed by atoms with Gasteiger partial charge in [0.05, 0.1) is 18.6 Å². The quantitative estimate of drug-likeness (QED) is 0.389. The van der Waals surface area contributed by atoms with Crippen molar-refractivity contribution in [1.82, 2.24) is 10.2 Å². The summed E-state index contributed by atoms with van der Waals surface area (Å²) in [5, 5.41) is 2.83. The number of nitrogens with one attached hydrogen (secondary N) is 1. The molecule has 0 heterocycles. The third kappa shape index (κ3) is 8.86. The van der Waals surface area contributed by atoms with Crippen molar-refractivity contribution in [3.05, 3.63) is 60.2 Å². The summed E-state index contributed by atoms with van der Waals surface area (Å²) in [5.41, 5.74) is 1.60. The molecule has 1 atom stereocenters. The lowest BCUT2D eigenvalue weighted by Crippen LogP contribution is -2.50. The van der Waals surface area contributed by atoms with E-state index in [1.165, 1.54) is 4.31 Å². The molecule has 0 saturated heterocycles. The minimum atomic E-state index is -3.55. The number of hydrogen-bond acceptors (Lipinski definition) is 5. The zero-order chi connectivity index (χ0) is 26.6. The van der Waals surface area contributed by atoms with Gasteiger partial charge in [-0.1, -0.05) is 37.3 Å². The van der Waals surface area contributed by atoms with Crippen LogP contribution in [0.15, 0.2) is 54.6 Å². The van der Waals surface area contributed by atoms with Crippen molar-refractivity contribution >= 4 is 27.5 Å². The van der Waals surface area contributed by atoms with E-state index in [0.29, 0.717) is 50.4 Å². The van der Waals surface area contributed by atoms with Gasteiger partial charge in [0, 0.05) is 26.1 Å². The summed E-state index contributed by atoms with van der Waals surface area (Å²) in [7, 11) is -3.55. The van der Waals surface area contributed by atoms with E-state index in [9.17, 15) is 18.0 Å². The number of hydrogen-bond donors (Lipinski definition) is 1. The lowest BCUT2D eigenvalue weighted by Gasteiger charge is -2.31. The van der Waals surface area contributed by atoms with Crippen LogP contribution in [-0.2, 0) is 26.0 Å². The number of carbonyl (C=O) groups is 2. The van der Waals surface area contributed by atoms with Gasteiger partial charge in [-0.3, -0.25) is 13.9 Å². The molecule has 9 heteroatoms. The van der Waals surface area contributed by atoms with Gasteiger partial charge in [0.25, 0.3) is 0 Å². The van der Waals surface area contributed by atoms with Gasteiger partial charge in [-0.05, 0) is 62.9 Å². The van der Waals surface area contributed by atoms with Crippen LogP contribution in [0.1, 0.15) is 45.6 Å². The van der Waals surface area contributed by atoms with Crippen molar-refractivity contribution in [1.29, 1.82) is 0 Å². The largest absolute Gasteiger partial charge is 0.494 e. The molecule has 0 saturated carbocycles. The number of anilines is 1. The highest BCUT2D eigenvalue weighted by molar-refractivity contribution is 7.92. The molecule has 0 aliphatic carbocycles. The number of benzene rings is 2. The molecule has 0 aliphatic heterocycles. The van der Waals surface area contributed by atoms with Crippen molar-refractivity contribution in [3.63, 3.8) is 0 Å². The number of sulfonamides is 1. The Labute approximate surface area is 215 Å². The van der Waals surface area contributed by atoms with E-state index in [-0.39, 0.29) is 24.8 Å². The van der Waals surface area contributed by atoms with Crippen molar-refractivity contribution in [2.24, 2.45) is 0 Å². The molecule has 0 spiro atoms. The lowest BCUT2D eigenvalue weighted by atomic mass is 10.1. The van der Waals surface area contributed by atoms with Crippen molar-refractivity contribution in [2.45, 2.75) is 52.5 Å². The molecule has 36 heavy (non-hydrogen) atoms. The molecule has 0 unspecified atom stereocenters. The molecule has 2 aromatic rings. The van der Waals surface area contributed by atoms with Crippen LogP contribution >= 0.6 is 0 Å². The molecule has 0 fully saturated rings. The van der Waals surface area contributed by atoms with Gasteiger partial charge in [0.15, 0.2) is 0 Å². The maximum absolute atomic E-state index is 13.3. The Morgan fingerprint density at radius 3 is 2.19 bits per heavy atom. The molecule has 8 nitrogen and oxygen atoms in total. The van der Waals surface area contributed by atoms with Crippen LogP contribution in [0, 0.1) is 0 Å². The second kappa shape index (κ2) is 14.5. The summed E-state index contributed by atoms with van der Waals surface area (Å²) in [4.78, 5) is 27.7. The highest BCUT2D eigenvalue weighted by Crippen LogP contribution is 2.22. The van der Waals surface area contributed by atoms with Gasteiger partial charge < -0.3 is 15.0 Å². The average Bonchev–Trinajstić information content (AvgIpc) is 2.85. The van der Waals surface area contributed by atoms with E-state index in [1.807, 2.05) is 51.1 Å². The molecule has 2 amide bonds. The van der Waals surface area contributed by atoms with Crippen LogP contribution in [0.3, 0.4) is 0 Å². The van der Waals surface area contributed by atoms with Crippen molar-refractivity contribution < 1.29 is 22.7 Å². The average molecular weight is 518 g/mol. The molecule has 2 rings (SSSR count). The Kier molecular flexibility index (Phi) is 11.7. The zero-order valence-electron chi connectivity index (χ0n) is 21.8. The molecule has 2 aromatic carbocycles. The molecule has 0 radical (unpaired) electrons. The second-order valence-electron chi connectivity index (χ2n) is 8.51. The highest BCUT2D eigenvalue weighted by Gasteiger charge is 2.28. The Bertz CT molecular complexity index is 1060. The number of nitrogens with zero attached hydrogens (tertiary/aromatic N) is 2. The normalized spacial score (nSPS) is 12.0. The van der Waals surface area contributed by atoms with Gasteiger partial charge in [-0.25, -0.2) is 8.42 Å². The van der Waals surface area contributed by atoms with Gasteiger partial charge in [0.2, 0.25) is 21.8 Å². The maximum Gasteiger partial charge on any atom is 0.242 e. The second-order valence-corrected chi connectivity index (χ2v) is 10.4. The van der Waals surface area contributed by atoms with Crippen LogP contribution in [0.5, 0.6) is 5.75 Å². The minimum Gasteiger partial charge on any atom is -0.494 e. The number of amides is 2. The maximum atomic E-state index is 13.3. The predicted molar refractivity (Wildman–Crippen MR) is 144 cm³/mol. The SMILES string of the molecule is CCNC(=O)[C@@H](CC)N(CCc1ccccc1)C(=O)CCCN(c1ccc(OCC)cc1)S(C)(=O)=O. The number of rotatable bonds is 15. The van der Waals surface area contributed by atoms with Gasteiger partial charge in [-0.2, -0.15) is 0 Å². The summed E-state index contributed by atoms with van der Waals surface area (Å²) in [6, 6.07) is 16.1. The molecule has 1 N–H and O–H groups in total.